The second-order valence-electron chi connectivity index (χ2n) is 7.05. The SMILES string of the molecule is CC(C)C(=O)NC1CCC(n2cnc3cnc4[nH]ccc4c32)CC1. The van der Waals surface area contributed by atoms with Crippen molar-refractivity contribution in [3.05, 3.63) is 24.8 Å². The Labute approximate surface area is 140 Å². The van der Waals surface area contributed by atoms with Crippen LogP contribution in [0.2, 0.25) is 0 Å². The third-order valence-corrected chi connectivity index (χ3v) is 5.08. The average molecular weight is 325 g/mol. The molecule has 0 bridgehead atoms. The van der Waals surface area contributed by atoms with Crippen LogP contribution in [0.4, 0.5) is 0 Å². The number of rotatable bonds is 3. The maximum absolute atomic E-state index is 11.9. The first-order valence-corrected chi connectivity index (χ1v) is 8.72. The van der Waals surface area contributed by atoms with Crippen LogP contribution in [0.5, 0.6) is 0 Å². The van der Waals surface area contributed by atoms with E-state index in [2.05, 4.69) is 30.9 Å². The van der Waals surface area contributed by atoms with Crippen LogP contribution in [-0.4, -0.2) is 31.5 Å². The highest BCUT2D eigenvalue weighted by Gasteiger charge is 2.25. The van der Waals surface area contributed by atoms with E-state index in [9.17, 15) is 4.79 Å². The van der Waals surface area contributed by atoms with Gasteiger partial charge in [-0.25, -0.2) is 9.97 Å². The summed E-state index contributed by atoms with van der Waals surface area (Å²) in [6.07, 6.45) is 9.85. The minimum absolute atomic E-state index is 0.0506. The number of fused-ring (bicyclic) bond motifs is 3. The van der Waals surface area contributed by atoms with Crippen LogP contribution in [-0.2, 0) is 4.79 Å². The Kier molecular flexibility index (Phi) is 3.75. The molecule has 3 aromatic heterocycles. The van der Waals surface area contributed by atoms with Crippen molar-refractivity contribution < 1.29 is 4.79 Å². The molecule has 1 fully saturated rings. The Morgan fingerprint density at radius 3 is 2.83 bits per heavy atom. The van der Waals surface area contributed by atoms with Crippen molar-refractivity contribution in [3.63, 3.8) is 0 Å². The molecule has 1 saturated carbocycles. The summed E-state index contributed by atoms with van der Waals surface area (Å²) in [6.45, 7) is 3.88. The lowest BCUT2D eigenvalue weighted by Crippen LogP contribution is -2.39. The molecule has 0 aliphatic heterocycles. The van der Waals surface area contributed by atoms with Crippen molar-refractivity contribution in [1.82, 2.24) is 24.8 Å². The molecule has 0 saturated heterocycles. The number of nitrogens with one attached hydrogen (secondary N) is 2. The number of nitrogens with zero attached hydrogens (tertiary/aromatic N) is 3. The fourth-order valence-electron chi connectivity index (χ4n) is 3.67. The topological polar surface area (TPSA) is 75.6 Å². The maximum Gasteiger partial charge on any atom is 0.222 e. The third kappa shape index (κ3) is 2.56. The second-order valence-corrected chi connectivity index (χ2v) is 7.05. The van der Waals surface area contributed by atoms with Crippen LogP contribution < -0.4 is 5.32 Å². The van der Waals surface area contributed by atoms with Gasteiger partial charge in [0.2, 0.25) is 5.91 Å². The van der Waals surface area contributed by atoms with Crippen LogP contribution in [0.25, 0.3) is 22.1 Å². The molecule has 1 aliphatic rings. The smallest absolute Gasteiger partial charge is 0.222 e. The van der Waals surface area contributed by atoms with Gasteiger partial charge >= 0.3 is 0 Å². The molecule has 0 atom stereocenters. The Morgan fingerprint density at radius 1 is 1.29 bits per heavy atom. The first-order chi connectivity index (χ1) is 11.6. The standard InChI is InChI=1S/C18H23N5O/c1-11(2)18(24)22-12-3-5-13(6-4-12)23-10-21-15-9-20-17-14(16(15)23)7-8-19-17/h7-13H,3-6H2,1-2H3,(H,19,20)(H,22,24). The summed E-state index contributed by atoms with van der Waals surface area (Å²) in [5.41, 5.74) is 3.01. The molecule has 0 radical (unpaired) electrons. The number of hydrogen-bond donors (Lipinski definition) is 2. The summed E-state index contributed by atoms with van der Waals surface area (Å²) in [7, 11) is 0. The maximum atomic E-state index is 11.9. The number of carbonyl (C=O) groups is 1. The van der Waals surface area contributed by atoms with E-state index in [-0.39, 0.29) is 11.8 Å². The van der Waals surface area contributed by atoms with Gasteiger partial charge in [0, 0.05) is 29.6 Å². The molecule has 24 heavy (non-hydrogen) atoms. The number of H-pyrrole nitrogens is 1. The van der Waals surface area contributed by atoms with Gasteiger partial charge in [-0.2, -0.15) is 0 Å². The van der Waals surface area contributed by atoms with E-state index in [0.29, 0.717) is 12.1 Å². The summed E-state index contributed by atoms with van der Waals surface area (Å²) < 4.78 is 2.30. The molecule has 0 spiro atoms. The minimum Gasteiger partial charge on any atom is -0.353 e. The van der Waals surface area contributed by atoms with Gasteiger partial charge in [0.15, 0.2) is 0 Å². The van der Waals surface area contributed by atoms with Gasteiger partial charge in [-0.15, -0.1) is 0 Å². The summed E-state index contributed by atoms with van der Waals surface area (Å²) >= 11 is 0. The van der Waals surface area contributed by atoms with E-state index in [1.807, 2.05) is 32.6 Å². The van der Waals surface area contributed by atoms with E-state index in [1.165, 1.54) is 0 Å². The van der Waals surface area contributed by atoms with Crippen LogP contribution in [0.1, 0.15) is 45.6 Å². The minimum atomic E-state index is 0.0506. The Morgan fingerprint density at radius 2 is 2.08 bits per heavy atom. The Balaban J connectivity index is 1.55. The second kappa shape index (κ2) is 5.92. The zero-order valence-corrected chi connectivity index (χ0v) is 14.1. The molecule has 1 aliphatic carbocycles. The number of carbonyl (C=O) groups excluding carboxylic acids is 1. The average Bonchev–Trinajstić information content (AvgIpc) is 3.21. The molecular formula is C18H23N5O. The highest BCUT2D eigenvalue weighted by atomic mass is 16.1. The predicted octanol–water partition coefficient (Wildman–Crippen LogP) is 3.17. The van der Waals surface area contributed by atoms with E-state index in [1.54, 1.807) is 0 Å². The van der Waals surface area contributed by atoms with Crippen molar-refractivity contribution in [3.8, 4) is 0 Å². The van der Waals surface area contributed by atoms with E-state index >= 15 is 0 Å². The summed E-state index contributed by atoms with van der Waals surface area (Å²) in [6, 6.07) is 2.81. The van der Waals surface area contributed by atoms with E-state index in [0.717, 1.165) is 47.8 Å². The first-order valence-electron chi connectivity index (χ1n) is 8.72. The largest absolute Gasteiger partial charge is 0.353 e. The lowest BCUT2D eigenvalue weighted by atomic mass is 9.90. The highest BCUT2D eigenvalue weighted by molar-refractivity contribution is 6.00. The fraction of sp³-hybridized carbons (Fsp3) is 0.500. The monoisotopic (exact) mass is 325 g/mol. The van der Waals surface area contributed by atoms with Crippen LogP contribution in [0.3, 0.4) is 0 Å². The van der Waals surface area contributed by atoms with Gasteiger partial charge in [-0.1, -0.05) is 13.8 Å². The van der Waals surface area contributed by atoms with Crippen LogP contribution >= 0.6 is 0 Å². The van der Waals surface area contributed by atoms with Crippen molar-refractivity contribution in [2.75, 3.05) is 0 Å². The van der Waals surface area contributed by atoms with Gasteiger partial charge < -0.3 is 14.9 Å². The quantitative estimate of drug-likeness (QED) is 0.776. The molecule has 6 nitrogen and oxygen atoms in total. The Bertz CT molecular complexity index is 870. The van der Waals surface area contributed by atoms with Gasteiger partial charge in [-0.05, 0) is 31.7 Å². The highest BCUT2D eigenvalue weighted by Crippen LogP contribution is 2.33. The molecule has 3 heterocycles. The zero-order valence-electron chi connectivity index (χ0n) is 14.1. The first kappa shape index (κ1) is 15.2. The van der Waals surface area contributed by atoms with E-state index < -0.39 is 0 Å². The molecular weight excluding hydrogens is 302 g/mol. The van der Waals surface area contributed by atoms with Gasteiger partial charge in [-0.3, -0.25) is 4.79 Å². The normalized spacial score (nSPS) is 21.6. The van der Waals surface area contributed by atoms with Crippen molar-refractivity contribution in [1.29, 1.82) is 0 Å². The number of aromatic nitrogens is 4. The molecule has 0 unspecified atom stereocenters. The lowest BCUT2D eigenvalue weighted by molar-refractivity contribution is -0.124. The molecule has 126 valence electrons. The van der Waals surface area contributed by atoms with Crippen LogP contribution in [0.15, 0.2) is 24.8 Å². The molecule has 0 aromatic carbocycles. The van der Waals surface area contributed by atoms with Crippen molar-refractivity contribution in [2.45, 2.75) is 51.6 Å². The van der Waals surface area contributed by atoms with Crippen molar-refractivity contribution >= 4 is 28.0 Å². The lowest BCUT2D eigenvalue weighted by Gasteiger charge is -2.30. The van der Waals surface area contributed by atoms with Crippen LogP contribution in [0, 0.1) is 5.92 Å². The number of amides is 1. The Hall–Kier alpha value is -2.37. The van der Waals surface area contributed by atoms with E-state index in [4.69, 9.17) is 0 Å². The number of aromatic amines is 1. The summed E-state index contributed by atoms with van der Waals surface area (Å²) in [5.74, 6) is 0.210. The van der Waals surface area contributed by atoms with Gasteiger partial charge in [0.1, 0.15) is 11.2 Å². The third-order valence-electron chi connectivity index (χ3n) is 5.08. The van der Waals surface area contributed by atoms with Gasteiger partial charge in [0.25, 0.3) is 0 Å². The van der Waals surface area contributed by atoms with Crippen molar-refractivity contribution in [2.24, 2.45) is 5.92 Å². The molecule has 4 rings (SSSR count). The fourth-order valence-corrected chi connectivity index (χ4v) is 3.67. The molecule has 3 aromatic rings. The number of imidazole rings is 1. The molecule has 6 heteroatoms. The van der Waals surface area contributed by atoms with Gasteiger partial charge in [0.05, 0.1) is 18.0 Å². The summed E-state index contributed by atoms with van der Waals surface area (Å²) in [5, 5.41) is 4.29. The number of pyridine rings is 1. The molecule has 2 N–H and O–H groups in total. The summed E-state index contributed by atoms with van der Waals surface area (Å²) in [4.78, 5) is 24.0. The predicted molar refractivity (Wildman–Crippen MR) is 93.7 cm³/mol. The number of hydrogen-bond acceptors (Lipinski definition) is 3. The molecule has 1 amide bonds. The zero-order chi connectivity index (χ0) is 16.7.